The van der Waals surface area contributed by atoms with Crippen LogP contribution in [0.3, 0.4) is 0 Å². The van der Waals surface area contributed by atoms with E-state index in [2.05, 4.69) is 10.3 Å². The molecule has 1 aromatic heterocycles. The number of aromatic nitrogens is 1. The number of nitrogens with one attached hydrogen (secondary N) is 1. The Morgan fingerprint density at radius 3 is 2.84 bits per heavy atom. The molecule has 0 spiro atoms. The van der Waals surface area contributed by atoms with Gasteiger partial charge in [-0.25, -0.2) is 0 Å². The molecule has 0 saturated carbocycles. The smallest absolute Gasteiger partial charge is 0.251 e. The summed E-state index contributed by atoms with van der Waals surface area (Å²) >= 11 is 6.17. The molecule has 2 atom stereocenters. The van der Waals surface area contributed by atoms with Crippen molar-refractivity contribution >= 4 is 17.5 Å². The fraction of sp³-hybridized carbons (Fsp3) is 0.368. The summed E-state index contributed by atoms with van der Waals surface area (Å²) in [5, 5.41) is 3.50. The quantitative estimate of drug-likeness (QED) is 0.859. The van der Waals surface area contributed by atoms with Gasteiger partial charge in [0.05, 0.1) is 30.9 Å². The minimum atomic E-state index is -0.153. The third-order valence-corrected chi connectivity index (χ3v) is 4.55. The highest BCUT2D eigenvalue weighted by atomic mass is 35.5. The molecule has 0 unspecified atom stereocenters. The van der Waals surface area contributed by atoms with Crippen molar-refractivity contribution in [3.8, 4) is 5.75 Å². The Bertz CT molecular complexity index is 724. The Balaban J connectivity index is 1.64. The molecule has 132 valence electrons. The van der Waals surface area contributed by atoms with E-state index >= 15 is 0 Å². The summed E-state index contributed by atoms with van der Waals surface area (Å²) in [7, 11) is 0. The number of pyridine rings is 1. The molecule has 6 heteroatoms. The van der Waals surface area contributed by atoms with Gasteiger partial charge in [0, 0.05) is 23.9 Å². The predicted octanol–water partition coefficient (Wildman–Crippen LogP) is 3.12. The largest absolute Gasteiger partial charge is 0.492 e. The molecular formula is C19H21ClN2O3. The fourth-order valence-corrected chi connectivity index (χ4v) is 3.18. The van der Waals surface area contributed by atoms with Gasteiger partial charge in [0.25, 0.3) is 5.91 Å². The SMILES string of the molecule is CCOc1ccc(C(=O)N[C@H]2COC[C@H]2Cc2ccncc2)cc1Cl. The first-order chi connectivity index (χ1) is 12.2. The Hall–Kier alpha value is -2.11. The van der Waals surface area contributed by atoms with Crippen LogP contribution in [0.1, 0.15) is 22.8 Å². The second kappa shape index (κ2) is 8.32. The number of carbonyl (C=O) groups is 1. The van der Waals surface area contributed by atoms with Crippen molar-refractivity contribution in [2.24, 2.45) is 5.92 Å². The zero-order valence-electron chi connectivity index (χ0n) is 14.1. The number of carbonyl (C=O) groups excluding carboxylic acids is 1. The first-order valence-corrected chi connectivity index (χ1v) is 8.75. The van der Waals surface area contributed by atoms with Crippen LogP contribution in [0.4, 0.5) is 0 Å². The van der Waals surface area contributed by atoms with Gasteiger partial charge in [0.2, 0.25) is 0 Å². The highest BCUT2D eigenvalue weighted by molar-refractivity contribution is 6.32. The van der Waals surface area contributed by atoms with Crippen LogP contribution in [0.25, 0.3) is 0 Å². The lowest BCUT2D eigenvalue weighted by atomic mass is 9.95. The van der Waals surface area contributed by atoms with E-state index in [1.54, 1.807) is 30.6 Å². The maximum absolute atomic E-state index is 12.5. The van der Waals surface area contributed by atoms with Crippen LogP contribution in [0.15, 0.2) is 42.7 Å². The molecule has 5 nitrogen and oxygen atoms in total. The molecule has 1 aromatic carbocycles. The highest BCUT2D eigenvalue weighted by Crippen LogP contribution is 2.26. The molecule has 25 heavy (non-hydrogen) atoms. The summed E-state index contributed by atoms with van der Waals surface area (Å²) in [5.41, 5.74) is 1.71. The Labute approximate surface area is 152 Å². The van der Waals surface area contributed by atoms with E-state index in [0.29, 0.717) is 36.2 Å². The van der Waals surface area contributed by atoms with Crippen LogP contribution >= 0.6 is 11.6 Å². The Morgan fingerprint density at radius 1 is 1.32 bits per heavy atom. The highest BCUT2D eigenvalue weighted by Gasteiger charge is 2.30. The molecule has 0 radical (unpaired) electrons. The predicted molar refractivity (Wildman–Crippen MR) is 96.1 cm³/mol. The summed E-state index contributed by atoms with van der Waals surface area (Å²) in [6, 6.07) is 9.04. The second-order valence-corrected chi connectivity index (χ2v) is 6.42. The molecule has 1 fully saturated rings. The van der Waals surface area contributed by atoms with Crippen molar-refractivity contribution in [2.75, 3.05) is 19.8 Å². The molecule has 0 bridgehead atoms. The molecule has 1 saturated heterocycles. The summed E-state index contributed by atoms with van der Waals surface area (Å²) in [6.45, 7) is 3.57. The number of halogens is 1. The van der Waals surface area contributed by atoms with Crippen molar-refractivity contribution in [2.45, 2.75) is 19.4 Å². The van der Waals surface area contributed by atoms with Gasteiger partial charge < -0.3 is 14.8 Å². The van der Waals surface area contributed by atoms with Crippen molar-refractivity contribution in [3.05, 3.63) is 58.9 Å². The zero-order valence-corrected chi connectivity index (χ0v) is 14.8. The van der Waals surface area contributed by atoms with Gasteiger partial charge >= 0.3 is 0 Å². The molecule has 0 aliphatic carbocycles. The van der Waals surface area contributed by atoms with Crippen LogP contribution in [0, 0.1) is 5.92 Å². The lowest BCUT2D eigenvalue weighted by Gasteiger charge is -2.19. The van der Waals surface area contributed by atoms with E-state index in [1.165, 1.54) is 5.56 Å². The monoisotopic (exact) mass is 360 g/mol. The van der Waals surface area contributed by atoms with Crippen LogP contribution < -0.4 is 10.1 Å². The van der Waals surface area contributed by atoms with Crippen molar-refractivity contribution in [3.63, 3.8) is 0 Å². The van der Waals surface area contributed by atoms with Crippen molar-refractivity contribution < 1.29 is 14.3 Å². The van der Waals surface area contributed by atoms with E-state index in [1.807, 2.05) is 19.1 Å². The minimum absolute atomic E-state index is 0.0222. The van der Waals surface area contributed by atoms with Gasteiger partial charge in [0.1, 0.15) is 5.75 Å². The third-order valence-electron chi connectivity index (χ3n) is 4.26. The number of rotatable bonds is 6. The number of amides is 1. The van der Waals surface area contributed by atoms with Crippen molar-refractivity contribution in [1.29, 1.82) is 0 Å². The molecule has 1 aliphatic rings. The van der Waals surface area contributed by atoms with Gasteiger partial charge in [-0.3, -0.25) is 9.78 Å². The van der Waals surface area contributed by atoms with Gasteiger partial charge in [-0.15, -0.1) is 0 Å². The first-order valence-electron chi connectivity index (χ1n) is 8.37. The van der Waals surface area contributed by atoms with E-state index < -0.39 is 0 Å². The van der Waals surface area contributed by atoms with E-state index in [-0.39, 0.29) is 17.9 Å². The lowest BCUT2D eigenvalue weighted by Crippen LogP contribution is -2.40. The van der Waals surface area contributed by atoms with Gasteiger partial charge in [-0.1, -0.05) is 11.6 Å². The average molecular weight is 361 g/mol. The molecule has 2 heterocycles. The van der Waals surface area contributed by atoms with E-state index in [0.717, 1.165) is 6.42 Å². The van der Waals surface area contributed by atoms with Gasteiger partial charge in [0.15, 0.2) is 0 Å². The number of nitrogens with zero attached hydrogens (tertiary/aromatic N) is 1. The molecule has 2 aromatic rings. The summed E-state index contributed by atoms with van der Waals surface area (Å²) in [4.78, 5) is 16.6. The molecular weight excluding hydrogens is 340 g/mol. The maximum Gasteiger partial charge on any atom is 0.251 e. The standard InChI is InChI=1S/C19H21ClN2O3/c1-2-25-18-4-3-14(10-16(18)20)19(23)22-17-12-24-11-15(17)9-13-5-7-21-8-6-13/h3-8,10,15,17H,2,9,11-12H2,1H3,(H,22,23)/t15-,17+/m1/s1. The van der Waals surface area contributed by atoms with E-state index in [9.17, 15) is 4.79 Å². The van der Waals surface area contributed by atoms with Crippen LogP contribution in [-0.2, 0) is 11.2 Å². The maximum atomic E-state index is 12.5. The topological polar surface area (TPSA) is 60.5 Å². The molecule has 1 aliphatic heterocycles. The zero-order chi connectivity index (χ0) is 17.6. The minimum Gasteiger partial charge on any atom is -0.492 e. The first kappa shape index (κ1) is 17.7. The van der Waals surface area contributed by atoms with Crippen LogP contribution in [0.2, 0.25) is 5.02 Å². The number of hydrogen-bond donors (Lipinski definition) is 1. The van der Waals surface area contributed by atoms with Gasteiger partial charge in [-0.05, 0) is 49.2 Å². The summed E-state index contributed by atoms with van der Waals surface area (Å²) in [6.07, 6.45) is 4.40. The fourth-order valence-electron chi connectivity index (χ4n) is 2.95. The normalized spacial score (nSPS) is 19.6. The third kappa shape index (κ3) is 4.50. The Kier molecular flexibility index (Phi) is 5.89. The number of hydrogen-bond acceptors (Lipinski definition) is 4. The lowest BCUT2D eigenvalue weighted by molar-refractivity contribution is 0.0925. The average Bonchev–Trinajstić information content (AvgIpc) is 3.04. The number of ether oxygens (including phenoxy) is 2. The van der Waals surface area contributed by atoms with Gasteiger partial charge in [-0.2, -0.15) is 0 Å². The van der Waals surface area contributed by atoms with E-state index in [4.69, 9.17) is 21.1 Å². The van der Waals surface area contributed by atoms with Crippen LogP contribution in [-0.4, -0.2) is 36.8 Å². The molecule has 1 amide bonds. The Morgan fingerprint density at radius 2 is 2.12 bits per heavy atom. The number of benzene rings is 1. The molecule has 1 N–H and O–H groups in total. The van der Waals surface area contributed by atoms with Crippen molar-refractivity contribution in [1.82, 2.24) is 10.3 Å². The second-order valence-electron chi connectivity index (χ2n) is 6.02. The molecule has 3 rings (SSSR count). The summed E-state index contributed by atoms with van der Waals surface area (Å²) in [5.74, 6) is 0.671. The van der Waals surface area contributed by atoms with Crippen LogP contribution in [0.5, 0.6) is 5.75 Å². The summed E-state index contributed by atoms with van der Waals surface area (Å²) < 4.78 is 11.0.